The Morgan fingerprint density at radius 2 is 1.49 bits per heavy atom. The molecule has 0 saturated heterocycles. The number of thioether (sulfide) groups is 1. The Morgan fingerprint density at radius 1 is 0.914 bits per heavy atom. The van der Waals surface area contributed by atoms with Gasteiger partial charge in [-0.1, -0.05) is 83.8 Å². The minimum atomic E-state index is -0.859. The average Bonchev–Trinajstić information content (AvgIpc) is 2.78. The van der Waals surface area contributed by atoms with Crippen molar-refractivity contribution in [3.63, 3.8) is 0 Å². The molecule has 1 N–H and O–H groups in total. The van der Waals surface area contributed by atoms with Crippen LogP contribution < -0.4 is 5.32 Å². The first-order chi connectivity index (χ1) is 16.7. The molecule has 1 atom stereocenters. The molecule has 0 aromatic rings. The summed E-state index contributed by atoms with van der Waals surface area (Å²) in [5.41, 5.74) is -0.672. The maximum absolute atomic E-state index is 12.2. The molecule has 0 saturated carbocycles. The molecule has 0 radical (unpaired) electrons. The second-order valence-corrected chi connectivity index (χ2v) is 10.8. The van der Waals surface area contributed by atoms with Crippen molar-refractivity contribution in [2.75, 3.05) is 24.7 Å². The predicted molar refractivity (Wildman–Crippen MR) is 144 cm³/mol. The largest absolute Gasteiger partial charge is 0.465 e. The van der Waals surface area contributed by atoms with Gasteiger partial charge in [-0.2, -0.15) is 11.8 Å². The summed E-state index contributed by atoms with van der Waals surface area (Å²) in [6.45, 7) is 11.3. The number of unbranched alkanes of at least 4 members (excludes halogenated alkanes) is 10. The number of ether oxygens (including phenoxy) is 3. The number of rotatable bonds is 21. The molecule has 0 fully saturated rings. The van der Waals surface area contributed by atoms with Gasteiger partial charge in [0, 0.05) is 17.9 Å². The first-order valence-electron chi connectivity index (χ1n) is 13.2. The van der Waals surface area contributed by atoms with Crippen LogP contribution in [0.1, 0.15) is 105 Å². The second kappa shape index (κ2) is 21.6. The lowest BCUT2D eigenvalue weighted by atomic mass is 10.1. The van der Waals surface area contributed by atoms with Crippen molar-refractivity contribution in [3.05, 3.63) is 12.7 Å². The van der Waals surface area contributed by atoms with Gasteiger partial charge in [0.25, 0.3) is 0 Å². The van der Waals surface area contributed by atoms with E-state index in [1.54, 1.807) is 20.8 Å². The summed E-state index contributed by atoms with van der Waals surface area (Å²) in [5.74, 6) is 0.0588. The molecule has 1 amide bonds. The Labute approximate surface area is 217 Å². The molecule has 0 unspecified atom stereocenters. The van der Waals surface area contributed by atoms with Gasteiger partial charge in [0.15, 0.2) is 0 Å². The standard InChI is InChI=1S/C27H49NO6S/c1-6-8-9-10-11-12-13-14-15-16-17-18-24(29)32-20-21-35-22-23(25(30)33-19-7-2)28-26(31)34-27(3,4)5/h7,23H,2,6,8-22H2,1,3-5H3,(H,28,31)/t23-/m0/s1. The maximum atomic E-state index is 12.2. The molecule has 7 nitrogen and oxygen atoms in total. The van der Waals surface area contributed by atoms with E-state index in [0.29, 0.717) is 12.2 Å². The summed E-state index contributed by atoms with van der Waals surface area (Å²) in [4.78, 5) is 36.2. The molecular weight excluding hydrogens is 466 g/mol. The smallest absolute Gasteiger partial charge is 0.408 e. The summed E-state index contributed by atoms with van der Waals surface area (Å²) in [5, 5.41) is 2.55. The fourth-order valence-corrected chi connectivity index (χ4v) is 4.10. The van der Waals surface area contributed by atoms with Crippen LogP contribution in [0.2, 0.25) is 0 Å². The van der Waals surface area contributed by atoms with Gasteiger partial charge in [0.1, 0.15) is 24.9 Å². The van der Waals surface area contributed by atoms with Gasteiger partial charge in [0.05, 0.1) is 0 Å². The first kappa shape index (κ1) is 33.3. The van der Waals surface area contributed by atoms with Crippen LogP contribution in [-0.4, -0.2) is 54.4 Å². The Kier molecular flexibility index (Phi) is 20.5. The quantitative estimate of drug-likeness (QED) is 0.0798. The maximum Gasteiger partial charge on any atom is 0.408 e. The van der Waals surface area contributed by atoms with E-state index in [4.69, 9.17) is 14.2 Å². The Balaban J connectivity index is 3.93. The number of amides is 1. The van der Waals surface area contributed by atoms with Crippen LogP contribution >= 0.6 is 11.8 Å². The Morgan fingerprint density at radius 3 is 2.03 bits per heavy atom. The highest BCUT2D eigenvalue weighted by Crippen LogP contribution is 2.13. The van der Waals surface area contributed by atoms with Gasteiger partial charge in [-0.25, -0.2) is 9.59 Å². The number of nitrogens with one attached hydrogen (secondary N) is 1. The van der Waals surface area contributed by atoms with Crippen molar-refractivity contribution in [2.45, 2.75) is 116 Å². The molecular formula is C27H49NO6S. The van der Waals surface area contributed by atoms with Crippen LogP contribution in [-0.2, 0) is 23.8 Å². The van der Waals surface area contributed by atoms with E-state index in [2.05, 4.69) is 18.8 Å². The number of hydrogen-bond donors (Lipinski definition) is 1. The van der Waals surface area contributed by atoms with Crippen molar-refractivity contribution in [1.82, 2.24) is 5.32 Å². The molecule has 0 bridgehead atoms. The van der Waals surface area contributed by atoms with E-state index in [9.17, 15) is 14.4 Å². The topological polar surface area (TPSA) is 90.9 Å². The van der Waals surface area contributed by atoms with Crippen molar-refractivity contribution in [2.24, 2.45) is 0 Å². The number of carbonyl (C=O) groups is 3. The number of carbonyl (C=O) groups excluding carboxylic acids is 3. The van der Waals surface area contributed by atoms with Crippen LogP contribution in [0.4, 0.5) is 4.79 Å². The summed E-state index contributed by atoms with van der Waals surface area (Å²) in [7, 11) is 0. The minimum Gasteiger partial charge on any atom is -0.465 e. The Bertz CT molecular complexity index is 591. The summed E-state index contributed by atoms with van der Waals surface area (Å²) in [6.07, 6.45) is 14.9. The van der Waals surface area contributed by atoms with E-state index >= 15 is 0 Å². The third kappa shape index (κ3) is 22.5. The van der Waals surface area contributed by atoms with Crippen LogP contribution in [0.3, 0.4) is 0 Å². The van der Waals surface area contributed by atoms with Crippen molar-refractivity contribution >= 4 is 29.8 Å². The monoisotopic (exact) mass is 515 g/mol. The molecule has 0 rings (SSSR count). The molecule has 0 aromatic heterocycles. The zero-order valence-electron chi connectivity index (χ0n) is 22.5. The number of esters is 2. The van der Waals surface area contributed by atoms with Crippen LogP contribution in [0.5, 0.6) is 0 Å². The minimum absolute atomic E-state index is 0.0622. The van der Waals surface area contributed by atoms with Gasteiger partial charge in [-0.15, -0.1) is 0 Å². The third-order valence-corrected chi connectivity index (χ3v) is 6.10. The van der Waals surface area contributed by atoms with E-state index in [0.717, 1.165) is 12.8 Å². The van der Waals surface area contributed by atoms with Crippen molar-refractivity contribution in [1.29, 1.82) is 0 Å². The van der Waals surface area contributed by atoms with Gasteiger partial charge < -0.3 is 19.5 Å². The van der Waals surface area contributed by atoms with Gasteiger partial charge >= 0.3 is 18.0 Å². The van der Waals surface area contributed by atoms with Crippen LogP contribution in [0.15, 0.2) is 12.7 Å². The summed E-state index contributed by atoms with van der Waals surface area (Å²) in [6, 6.07) is -0.859. The average molecular weight is 516 g/mol. The molecule has 35 heavy (non-hydrogen) atoms. The van der Waals surface area contributed by atoms with E-state index in [1.165, 1.54) is 75.6 Å². The lowest BCUT2D eigenvalue weighted by Crippen LogP contribution is -2.45. The highest BCUT2D eigenvalue weighted by Gasteiger charge is 2.25. The summed E-state index contributed by atoms with van der Waals surface area (Å²) >= 11 is 1.40. The van der Waals surface area contributed by atoms with E-state index in [1.807, 2.05) is 0 Å². The number of alkyl carbamates (subject to hydrolysis) is 1. The molecule has 0 heterocycles. The SMILES string of the molecule is C=CCOC(=O)[C@H](CSCCOC(=O)CCCCCCCCCCCCC)NC(=O)OC(C)(C)C. The van der Waals surface area contributed by atoms with Crippen LogP contribution in [0, 0.1) is 0 Å². The van der Waals surface area contributed by atoms with Gasteiger partial charge in [-0.3, -0.25) is 4.79 Å². The van der Waals surface area contributed by atoms with E-state index in [-0.39, 0.29) is 24.9 Å². The van der Waals surface area contributed by atoms with Crippen LogP contribution in [0.25, 0.3) is 0 Å². The molecule has 8 heteroatoms. The lowest BCUT2D eigenvalue weighted by molar-refractivity contribution is -0.144. The zero-order chi connectivity index (χ0) is 26.4. The lowest BCUT2D eigenvalue weighted by Gasteiger charge is -2.22. The number of hydrogen-bond acceptors (Lipinski definition) is 7. The molecule has 0 aliphatic rings. The first-order valence-corrected chi connectivity index (χ1v) is 14.4. The van der Waals surface area contributed by atoms with Gasteiger partial charge in [-0.05, 0) is 27.2 Å². The Hall–Kier alpha value is -1.70. The summed E-state index contributed by atoms with van der Waals surface area (Å²) < 4.78 is 15.6. The van der Waals surface area contributed by atoms with Crippen molar-refractivity contribution < 1.29 is 28.6 Å². The second-order valence-electron chi connectivity index (χ2n) is 9.70. The molecule has 0 aliphatic heterocycles. The zero-order valence-corrected chi connectivity index (χ0v) is 23.3. The predicted octanol–water partition coefficient (Wildman–Crippen LogP) is 6.59. The normalized spacial score (nSPS) is 12.0. The molecule has 204 valence electrons. The van der Waals surface area contributed by atoms with Crippen molar-refractivity contribution in [3.8, 4) is 0 Å². The van der Waals surface area contributed by atoms with Gasteiger partial charge in [0.2, 0.25) is 0 Å². The highest BCUT2D eigenvalue weighted by molar-refractivity contribution is 7.99. The van der Waals surface area contributed by atoms with E-state index < -0.39 is 23.7 Å². The fourth-order valence-electron chi connectivity index (χ4n) is 3.28. The highest BCUT2D eigenvalue weighted by atomic mass is 32.2. The molecule has 0 aromatic carbocycles. The fraction of sp³-hybridized carbons (Fsp3) is 0.815. The third-order valence-electron chi connectivity index (χ3n) is 5.08. The molecule has 0 spiro atoms. The molecule has 0 aliphatic carbocycles.